The molecular weight excluding hydrogens is 368 g/mol. The van der Waals surface area contributed by atoms with E-state index in [2.05, 4.69) is 15.6 Å². The summed E-state index contributed by atoms with van der Waals surface area (Å²) in [6.07, 6.45) is 0. The van der Waals surface area contributed by atoms with Crippen molar-refractivity contribution in [1.29, 1.82) is 0 Å². The van der Waals surface area contributed by atoms with Crippen LogP contribution in [0.5, 0.6) is 5.75 Å². The molecule has 4 aromatic rings. The monoisotopic (exact) mass is 386 g/mol. The van der Waals surface area contributed by atoms with Crippen molar-refractivity contribution in [3.05, 3.63) is 83.9 Å². The summed E-state index contributed by atoms with van der Waals surface area (Å²) in [4.78, 5) is 24.6. The fraction of sp³-hybridized carbons (Fsp3) is 0.0909. The number of carbonyl (C=O) groups excluding carboxylic acids is 2. The Kier molecular flexibility index (Phi) is 5.03. The highest BCUT2D eigenvalue weighted by Gasteiger charge is 2.12. The molecule has 3 aromatic carbocycles. The number of nitrogens with zero attached hydrogens (tertiary/aromatic N) is 3. The number of benzene rings is 3. The smallest absolute Gasteiger partial charge is 0.343 e. The van der Waals surface area contributed by atoms with Gasteiger partial charge < -0.3 is 10.1 Å². The Morgan fingerprint density at radius 2 is 1.72 bits per heavy atom. The molecule has 7 nitrogen and oxygen atoms in total. The van der Waals surface area contributed by atoms with Crippen molar-refractivity contribution in [1.82, 2.24) is 15.0 Å². The lowest BCUT2D eigenvalue weighted by atomic mass is 10.2. The Morgan fingerprint density at radius 1 is 0.966 bits per heavy atom. The first-order valence-electron chi connectivity index (χ1n) is 9.16. The van der Waals surface area contributed by atoms with E-state index in [0.29, 0.717) is 34.6 Å². The normalized spacial score (nSPS) is 10.7. The first-order chi connectivity index (χ1) is 14.1. The van der Waals surface area contributed by atoms with Gasteiger partial charge in [-0.3, -0.25) is 4.79 Å². The SMILES string of the molecule is CCn1nnc2cc(C(=O)Oc3ccc(NC(=O)c4ccccc4)cc3)ccc21. The highest BCUT2D eigenvalue weighted by molar-refractivity contribution is 6.04. The second kappa shape index (κ2) is 7.93. The van der Waals surface area contributed by atoms with E-state index in [1.807, 2.05) is 13.0 Å². The molecule has 29 heavy (non-hydrogen) atoms. The molecule has 0 aliphatic rings. The third kappa shape index (κ3) is 3.98. The zero-order valence-corrected chi connectivity index (χ0v) is 15.7. The van der Waals surface area contributed by atoms with Gasteiger partial charge in [0, 0.05) is 17.8 Å². The van der Waals surface area contributed by atoms with E-state index in [-0.39, 0.29) is 5.91 Å². The van der Waals surface area contributed by atoms with Gasteiger partial charge in [0.25, 0.3) is 5.91 Å². The Morgan fingerprint density at radius 3 is 2.45 bits per heavy atom. The molecule has 0 aliphatic heterocycles. The number of carbonyl (C=O) groups is 2. The van der Waals surface area contributed by atoms with Crippen LogP contribution in [-0.2, 0) is 6.54 Å². The summed E-state index contributed by atoms with van der Waals surface area (Å²) in [7, 11) is 0. The maximum absolute atomic E-state index is 12.4. The largest absolute Gasteiger partial charge is 0.423 e. The summed E-state index contributed by atoms with van der Waals surface area (Å²) < 4.78 is 7.18. The van der Waals surface area contributed by atoms with Crippen LogP contribution in [0.25, 0.3) is 11.0 Å². The lowest BCUT2D eigenvalue weighted by Crippen LogP contribution is -2.12. The molecular formula is C22H18N4O3. The zero-order chi connectivity index (χ0) is 20.2. The van der Waals surface area contributed by atoms with Gasteiger partial charge in [0.15, 0.2) is 0 Å². The molecule has 7 heteroatoms. The third-order valence-electron chi connectivity index (χ3n) is 4.41. The minimum Gasteiger partial charge on any atom is -0.423 e. The molecule has 1 aromatic heterocycles. The molecule has 0 fully saturated rings. The summed E-state index contributed by atoms with van der Waals surface area (Å²) in [6, 6.07) is 20.7. The number of hydrogen-bond acceptors (Lipinski definition) is 5. The van der Waals surface area contributed by atoms with Crippen molar-refractivity contribution >= 4 is 28.6 Å². The minimum absolute atomic E-state index is 0.205. The quantitative estimate of drug-likeness (QED) is 0.415. The summed E-state index contributed by atoms with van der Waals surface area (Å²) in [5, 5.41) is 10.9. The van der Waals surface area contributed by atoms with Gasteiger partial charge in [-0.25, -0.2) is 9.48 Å². The van der Waals surface area contributed by atoms with Crippen molar-refractivity contribution in [3.8, 4) is 5.75 Å². The Hall–Kier alpha value is -4.00. The molecule has 0 aliphatic carbocycles. The average molecular weight is 386 g/mol. The molecule has 4 rings (SSSR count). The number of anilines is 1. The predicted molar refractivity (Wildman–Crippen MR) is 109 cm³/mol. The molecule has 0 saturated heterocycles. The van der Waals surface area contributed by atoms with Crippen LogP contribution < -0.4 is 10.1 Å². The van der Waals surface area contributed by atoms with Gasteiger partial charge in [0.05, 0.1) is 11.1 Å². The van der Waals surface area contributed by atoms with Crippen LogP contribution in [0.1, 0.15) is 27.6 Å². The van der Waals surface area contributed by atoms with Crippen LogP contribution >= 0.6 is 0 Å². The van der Waals surface area contributed by atoms with Crippen molar-refractivity contribution in [2.45, 2.75) is 13.5 Å². The second-order valence-corrected chi connectivity index (χ2v) is 6.34. The van der Waals surface area contributed by atoms with Gasteiger partial charge in [-0.1, -0.05) is 23.4 Å². The second-order valence-electron chi connectivity index (χ2n) is 6.34. The Bertz CT molecular complexity index is 1170. The average Bonchev–Trinajstić information content (AvgIpc) is 3.18. The lowest BCUT2D eigenvalue weighted by molar-refractivity contribution is 0.0734. The molecule has 1 N–H and O–H groups in total. The molecule has 1 heterocycles. The van der Waals surface area contributed by atoms with E-state index in [1.54, 1.807) is 71.4 Å². The Labute approximate surface area is 166 Å². The van der Waals surface area contributed by atoms with Gasteiger partial charge in [0.2, 0.25) is 0 Å². The van der Waals surface area contributed by atoms with Crippen LogP contribution in [0.15, 0.2) is 72.8 Å². The van der Waals surface area contributed by atoms with Gasteiger partial charge in [-0.15, -0.1) is 5.10 Å². The zero-order valence-electron chi connectivity index (χ0n) is 15.7. The number of ether oxygens (including phenoxy) is 1. The Balaban J connectivity index is 1.43. The van der Waals surface area contributed by atoms with Gasteiger partial charge in [-0.2, -0.15) is 0 Å². The van der Waals surface area contributed by atoms with Crippen LogP contribution in [0, 0.1) is 0 Å². The van der Waals surface area contributed by atoms with Gasteiger partial charge >= 0.3 is 5.97 Å². The first-order valence-corrected chi connectivity index (χ1v) is 9.16. The summed E-state index contributed by atoms with van der Waals surface area (Å²) >= 11 is 0. The molecule has 0 unspecified atom stereocenters. The van der Waals surface area contributed by atoms with E-state index in [0.717, 1.165) is 5.52 Å². The molecule has 0 spiro atoms. The summed E-state index contributed by atoms with van der Waals surface area (Å²) in [5.41, 5.74) is 3.07. The number of nitrogens with one attached hydrogen (secondary N) is 1. The molecule has 0 atom stereocenters. The number of fused-ring (bicyclic) bond motifs is 1. The maximum Gasteiger partial charge on any atom is 0.343 e. The predicted octanol–water partition coefficient (Wildman–Crippen LogP) is 3.92. The first kappa shape index (κ1) is 18.4. The van der Waals surface area contributed by atoms with Gasteiger partial charge in [-0.05, 0) is 61.5 Å². The number of rotatable bonds is 5. The van der Waals surface area contributed by atoms with Crippen molar-refractivity contribution < 1.29 is 14.3 Å². The van der Waals surface area contributed by atoms with Crippen molar-refractivity contribution in [2.75, 3.05) is 5.32 Å². The van der Waals surface area contributed by atoms with E-state index < -0.39 is 5.97 Å². The fourth-order valence-corrected chi connectivity index (χ4v) is 2.90. The van der Waals surface area contributed by atoms with Gasteiger partial charge in [0.1, 0.15) is 11.3 Å². The fourth-order valence-electron chi connectivity index (χ4n) is 2.90. The van der Waals surface area contributed by atoms with E-state index >= 15 is 0 Å². The molecule has 0 saturated carbocycles. The van der Waals surface area contributed by atoms with Crippen molar-refractivity contribution in [3.63, 3.8) is 0 Å². The molecule has 144 valence electrons. The molecule has 0 bridgehead atoms. The highest BCUT2D eigenvalue weighted by atomic mass is 16.5. The third-order valence-corrected chi connectivity index (χ3v) is 4.41. The number of aryl methyl sites for hydroxylation is 1. The van der Waals surface area contributed by atoms with E-state index in [4.69, 9.17) is 4.74 Å². The summed E-state index contributed by atoms with van der Waals surface area (Å²) in [5.74, 6) is -0.312. The molecule has 1 amide bonds. The standard InChI is InChI=1S/C22H18N4O3/c1-2-26-20-13-8-16(14-19(20)24-25-26)22(28)29-18-11-9-17(10-12-18)23-21(27)15-6-4-3-5-7-15/h3-14H,2H2,1H3,(H,23,27). The van der Waals surface area contributed by atoms with Crippen LogP contribution in [0.3, 0.4) is 0 Å². The molecule has 0 radical (unpaired) electrons. The van der Waals surface area contributed by atoms with Crippen LogP contribution in [-0.4, -0.2) is 26.9 Å². The number of aromatic nitrogens is 3. The number of amides is 1. The minimum atomic E-state index is -0.487. The van der Waals surface area contributed by atoms with E-state index in [9.17, 15) is 9.59 Å². The number of esters is 1. The van der Waals surface area contributed by atoms with Crippen LogP contribution in [0.2, 0.25) is 0 Å². The summed E-state index contributed by atoms with van der Waals surface area (Å²) in [6.45, 7) is 2.68. The lowest BCUT2D eigenvalue weighted by Gasteiger charge is -2.07. The van der Waals surface area contributed by atoms with Crippen LogP contribution in [0.4, 0.5) is 5.69 Å². The number of hydrogen-bond donors (Lipinski definition) is 1. The van der Waals surface area contributed by atoms with Crippen molar-refractivity contribution in [2.24, 2.45) is 0 Å². The topological polar surface area (TPSA) is 86.1 Å². The van der Waals surface area contributed by atoms with E-state index in [1.165, 1.54) is 0 Å². The maximum atomic E-state index is 12.4. The highest BCUT2D eigenvalue weighted by Crippen LogP contribution is 2.19.